The second-order valence-electron chi connectivity index (χ2n) is 6.58. The Hall–Kier alpha value is -2.16. The first kappa shape index (κ1) is 24.1. The molecule has 0 atom stereocenters. The van der Waals surface area contributed by atoms with Gasteiger partial charge in [0.2, 0.25) is 0 Å². The van der Waals surface area contributed by atoms with E-state index in [-0.39, 0.29) is 10.8 Å². The van der Waals surface area contributed by atoms with Gasteiger partial charge in [0.15, 0.2) is 6.61 Å². The lowest BCUT2D eigenvalue weighted by Crippen LogP contribution is -2.27. The van der Waals surface area contributed by atoms with E-state index in [1.807, 2.05) is 13.8 Å². The average molecular weight is 465 g/mol. The number of carbonyl (C=O) groups is 1. The number of ether oxygens (including phenoxy) is 2. The quantitative estimate of drug-likeness (QED) is 0.487. The second kappa shape index (κ2) is 10.7. The Morgan fingerprint density at radius 2 is 1.67 bits per heavy atom. The van der Waals surface area contributed by atoms with Gasteiger partial charge in [0, 0.05) is 18.3 Å². The molecule has 1 amide bonds. The Bertz CT molecular complexity index is 877. The fraction of sp³-hybridized carbons (Fsp3) is 0.350. The van der Waals surface area contributed by atoms with Gasteiger partial charge in [-0.05, 0) is 36.4 Å². The summed E-state index contributed by atoms with van der Waals surface area (Å²) in [5, 5.41) is 5.87. The molecule has 5 nitrogen and oxygen atoms in total. The van der Waals surface area contributed by atoms with Crippen LogP contribution in [-0.4, -0.2) is 31.7 Å². The normalized spacial score (nSPS) is 11.5. The van der Waals surface area contributed by atoms with E-state index in [0.29, 0.717) is 35.7 Å². The molecule has 10 heteroatoms. The van der Waals surface area contributed by atoms with Crippen molar-refractivity contribution in [2.75, 3.05) is 25.1 Å². The van der Waals surface area contributed by atoms with Gasteiger partial charge in [-0.15, -0.1) is 0 Å². The van der Waals surface area contributed by atoms with Crippen LogP contribution in [0.1, 0.15) is 19.4 Å². The number of alkyl halides is 3. The predicted octanol–water partition coefficient (Wildman–Crippen LogP) is 5.41. The van der Waals surface area contributed by atoms with E-state index in [1.165, 1.54) is 6.07 Å². The van der Waals surface area contributed by atoms with E-state index >= 15 is 0 Å². The van der Waals surface area contributed by atoms with Gasteiger partial charge in [-0.2, -0.15) is 13.2 Å². The lowest BCUT2D eigenvalue weighted by molar-refractivity contribution is -0.137. The third-order valence-electron chi connectivity index (χ3n) is 3.75. The van der Waals surface area contributed by atoms with Crippen LogP contribution >= 0.6 is 23.2 Å². The molecule has 0 saturated heterocycles. The number of anilines is 1. The Balaban J connectivity index is 1.87. The summed E-state index contributed by atoms with van der Waals surface area (Å²) < 4.78 is 48.7. The zero-order valence-corrected chi connectivity index (χ0v) is 17.8. The smallest absolute Gasteiger partial charge is 0.416 e. The summed E-state index contributed by atoms with van der Waals surface area (Å²) in [4.78, 5) is 12.1. The molecule has 2 aromatic rings. The molecule has 0 spiro atoms. The lowest BCUT2D eigenvalue weighted by atomic mass is 10.2. The molecule has 2 N–H and O–H groups in total. The number of rotatable bonds is 9. The van der Waals surface area contributed by atoms with E-state index in [9.17, 15) is 18.0 Å². The van der Waals surface area contributed by atoms with Crippen molar-refractivity contribution in [3.63, 3.8) is 0 Å². The van der Waals surface area contributed by atoms with E-state index in [4.69, 9.17) is 32.7 Å². The summed E-state index contributed by atoms with van der Waals surface area (Å²) in [5.41, 5.74) is -0.485. The van der Waals surface area contributed by atoms with Gasteiger partial charge in [0.05, 0.1) is 15.6 Å². The molecule has 0 saturated carbocycles. The number of amides is 1. The summed E-state index contributed by atoms with van der Waals surface area (Å²) in [7, 11) is 0. The lowest BCUT2D eigenvalue weighted by Gasteiger charge is -2.13. The monoisotopic (exact) mass is 464 g/mol. The second-order valence-corrected chi connectivity index (χ2v) is 7.40. The highest BCUT2D eigenvalue weighted by Crippen LogP contribution is 2.34. The number of benzene rings is 2. The highest BCUT2D eigenvalue weighted by atomic mass is 35.5. The number of nitrogens with one attached hydrogen (secondary N) is 2. The first-order chi connectivity index (χ1) is 14.1. The summed E-state index contributed by atoms with van der Waals surface area (Å²) in [6.07, 6.45) is -4.51. The summed E-state index contributed by atoms with van der Waals surface area (Å²) in [5.74, 6) is -0.0820. The largest absolute Gasteiger partial charge is 0.491 e. The van der Waals surface area contributed by atoms with Crippen molar-refractivity contribution >= 4 is 34.8 Å². The van der Waals surface area contributed by atoms with Gasteiger partial charge in [0.25, 0.3) is 5.91 Å². The molecule has 0 bridgehead atoms. The fourth-order valence-electron chi connectivity index (χ4n) is 2.34. The molecule has 0 unspecified atom stereocenters. The first-order valence-electron chi connectivity index (χ1n) is 9.01. The minimum atomic E-state index is -4.51. The summed E-state index contributed by atoms with van der Waals surface area (Å²) in [6, 6.07) is 7.74. The van der Waals surface area contributed by atoms with E-state index in [2.05, 4.69) is 10.6 Å². The van der Waals surface area contributed by atoms with Crippen LogP contribution in [0.5, 0.6) is 11.5 Å². The van der Waals surface area contributed by atoms with Crippen molar-refractivity contribution in [1.82, 2.24) is 5.32 Å². The van der Waals surface area contributed by atoms with Crippen LogP contribution in [0.15, 0.2) is 36.4 Å². The number of hydrogen-bond acceptors (Lipinski definition) is 4. The van der Waals surface area contributed by atoms with Gasteiger partial charge < -0.3 is 20.1 Å². The average Bonchev–Trinajstić information content (AvgIpc) is 2.64. The standard InChI is InChI=1S/C20H21Cl2F3N2O3/c1-12(2)26-7-8-29-17-6-4-14(10-16(17)22)27-19(28)11-30-18-5-3-13(9-15(18)21)20(23,24)25/h3-6,9-10,12,26H,7-8,11H2,1-2H3,(H,27,28). The molecule has 2 rings (SSSR count). The van der Waals surface area contributed by atoms with Crippen LogP contribution in [0.3, 0.4) is 0 Å². The van der Waals surface area contributed by atoms with Crippen LogP contribution in [0.4, 0.5) is 18.9 Å². The van der Waals surface area contributed by atoms with Crippen molar-refractivity contribution in [3.8, 4) is 11.5 Å². The van der Waals surface area contributed by atoms with E-state index < -0.39 is 24.3 Å². The van der Waals surface area contributed by atoms with Crippen LogP contribution in [-0.2, 0) is 11.0 Å². The molecule has 0 fully saturated rings. The third-order valence-corrected chi connectivity index (χ3v) is 4.34. The predicted molar refractivity (Wildman–Crippen MR) is 111 cm³/mol. The molecular weight excluding hydrogens is 444 g/mol. The minimum absolute atomic E-state index is 0.0309. The molecule has 0 radical (unpaired) electrons. The third kappa shape index (κ3) is 7.59. The zero-order chi connectivity index (χ0) is 22.3. The Kier molecular flexibility index (Phi) is 8.64. The molecular formula is C20H21Cl2F3N2O3. The number of carbonyl (C=O) groups excluding carboxylic acids is 1. The Labute approximate surface area is 182 Å². The summed E-state index contributed by atoms with van der Waals surface area (Å²) in [6.45, 7) is 4.71. The minimum Gasteiger partial charge on any atom is -0.491 e. The van der Waals surface area contributed by atoms with Gasteiger partial charge >= 0.3 is 6.18 Å². The summed E-state index contributed by atoms with van der Waals surface area (Å²) >= 11 is 12.0. The van der Waals surface area contributed by atoms with Crippen molar-refractivity contribution < 1.29 is 27.4 Å². The zero-order valence-electron chi connectivity index (χ0n) is 16.3. The molecule has 2 aromatic carbocycles. The van der Waals surface area contributed by atoms with Gasteiger partial charge in [-0.25, -0.2) is 0 Å². The van der Waals surface area contributed by atoms with Crippen molar-refractivity contribution in [3.05, 3.63) is 52.0 Å². The Morgan fingerprint density at radius 1 is 1.03 bits per heavy atom. The molecule has 0 heterocycles. The van der Waals surface area contributed by atoms with Gasteiger partial charge in [-0.1, -0.05) is 37.0 Å². The van der Waals surface area contributed by atoms with Gasteiger partial charge in [0.1, 0.15) is 18.1 Å². The SMILES string of the molecule is CC(C)NCCOc1ccc(NC(=O)COc2ccc(C(F)(F)F)cc2Cl)cc1Cl. The van der Waals surface area contributed by atoms with Crippen LogP contribution < -0.4 is 20.1 Å². The highest BCUT2D eigenvalue weighted by molar-refractivity contribution is 6.32. The molecule has 30 heavy (non-hydrogen) atoms. The van der Waals surface area contributed by atoms with E-state index in [1.54, 1.807) is 12.1 Å². The number of hydrogen-bond donors (Lipinski definition) is 2. The Morgan fingerprint density at radius 3 is 2.27 bits per heavy atom. The molecule has 0 aliphatic carbocycles. The first-order valence-corrected chi connectivity index (χ1v) is 9.77. The van der Waals surface area contributed by atoms with Crippen LogP contribution in [0.25, 0.3) is 0 Å². The topological polar surface area (TPSA) is 59.6 Å². The highest BCUT2D eigenvalue weighted by Gasteiger charge is 2.31. The molecule has 164 valence electrons. The number of halogens is 5. The van der Waals surface area contributed by atoms with Gasteiger partial charge in [-0.3, -0.25) is 4.79 Å². The van der Waals surface area contributed by atoms with Crippen molar-refractivity contribution in [1.29, 1.82) is 0 Å². The molecule has 0 aromatic heterocycles. The maximum atomic E-state index is 12.6. The maximum Gasteiger partial charge on any atom is 0.416 e. The van der Waals surface area contributed by atoms with Crippen molar-refractivity contribution in [2.24, 2.45) is 0 Å². The van der Waals surface area contributed by atoms with Crippen LogP contribution in [0.2, 0.25) is 10.0 Å². The van der Waals surface area contributed by atoms with E-state index in [0.717, 1.165) is 18.2 Å². The van der Waals surface area contributed by atoms with Crippen molar-refractivity contribution in [2.45, 2.75) is 26.1 Å². The van der Waals surface area contributed by atoms with Crippen LogP contribution in [0, 0.1) is 0 Å². The molecule has 0 aliphatic heterocycles. The fourth-order valence-corrected chi connectivity index (χ4v) is 2.81. The maximum absolute atomic E-state index is 12.6. The molecule has 0 aliphatic rings.